The largest absolute Gasteiger partial charge is 0.377 e. The van der Waals surface area contributed by atoms with Gasteiger partial charge in [0.15, 0.2) is 0 Å². The molecule has 0 aromatic carbocycles. The maximum absolute atomic E-state index is 5.59. The number of nitrogens with zero attached hydrogens (tertiary/aromatic N) is 1. The molecule has 0 radical (unpaired) electrons. The Balaban J connectivity index is 1.91. The summed E-state index contributed by atoms with van der Waals surface area (Å²) in [5.74, 6) is 0. The summed E-state index contributed by atoms with van der Waals surface area (Å²) in [5, 5.41) is 3.47. The van der Waals surface area contributed by atoms with Crippen LogP contribution in [0.25, 0.3) is 0 Å². The van der Waals surface area contributed by atoms with Gasteiger partial charge in [-0.3, -0.25) is 4.90 Å². The molecule has 2 heterocycles. The Hall–Kier alpha value is -0.120. The second kappa shape index (κ2) is 3.95. The third kappa shape index (κ3) is 2.03. The fourth-order valence-corrected chi connectivity index (χ4v) is 2.46. The van der Waals surface area contributed by atoms with Gasteiger partial charge in [0.2, 0.25) is 0 Å². The maximum Gasteiger partial charge on any atom is 0.0703 e. The van der Waals surface area contributed by atoms with Crippen LogP contribution in [0.4, 0.5) is 0 Å². The average Bonchev–Trinajstić information content (AvgIpc) is 2.51. The van der Waals surface area contributed by atoms with Crippen LogP contribution in [-0.4, -0.2) is 49.3 Å². The number of rotatable bonds is 1. The molecule has 3 unspecified atom stereocenters. The van der Waals surface area contributed by atoms with E-state index in [0.717, 1.165) is 13.2 Å². The predicted octanol–water partition coefficient (Wildman–Crippen LogP) is 0.457. The van der Waals surface area contributed by atoms with Crippen molar-refractivity contribution in [3.8, 4) is 0 Å². The molecule has 2 rings (SSSR count). The number of piperazine rings is 1. The minimum Gasteiger partial charge on any atom is -0.377 e. The van der Waals surface area contributed by atoms with Gasteiger partial charge in [-0.05, 0) is 20.3 Å². The lowest BCUT2D eigenvalue weighted by molar-refractivity contribution is 0.0621. The lowest BCUT2D eigenvalue weighted by atomic mass is 10.1. The van der Waals surface area contributed by atoms with Crippen molar-refractivity contribution >= 4 is 0 Å². The number of hydrogen-bond donors (Lipinski definition) is 1. The Labute approximate surface area is 80.4 Å². The van der Waals surface area contributed by atoms with Crippen LogP contribution in [0.2, 0.25) is 0 Å². The van der Waals surface area contributed by atoms with E-state index in [1.54, 1.807) is 0 Å². The Morgan fingerprint density at radius 1 is 1.38 bits per heavy atom. The summed E-state index contributed by atoms with van der Waals surface area (Å²) in [6, 6.07) is 1.31. The predicted molar refractivity (Wildman–Crippen MR) is 52.9 cm³/mol. The van der Waals surface area contributed by atoms with E-state index in [4.69, 9.17) is 4.74 Å². The molecule has 2 fully saturated rings. The Kier molecular flexibility index (Phi) is 2.86. The minimum atomic E-state index is 0.435. The van der Waals surface area contributed by atoms with Crippen LogP contribution in [0, 0.1) is 0 Å². The van der Waals surface area contributed by atoms with Gasteiger partial charge in [0, 0.05) is 38.3 Å². The van der Waals surface area contributed by atoms with Gasteiger partial charge in [0.05, 0.1) is 6.10 Å². The molecule has 2 saturated heterocycles. The molecule has 0 bridgehead atoms. The zero-order chi connectivity index (χ0) is 9.26. The molecule has 76 valence electrons. The molecule has 13 heavy (non-hydrogen) atoms. The fraction of sp³-hybridized carbons (Fsp3) is 1.00. The molecule has 0 saturated carbocycles. The van der Waals surface area contributed by atoms with Gasteiger partial charge in [-0.25, -0.2) is 0 Å². The van der Waals surface area contributed by atoms with E-state index in [9.17, 15) is 0 Å². The second-order valence-corrected chi connectivity index (χ2v) is 4.28. The summed E-state index contributed by atoms with van der Waals surface area (Å²) < 4.78 is 5.59. The third-order valence-electron chi connectivity index (χ3n) is 3.21. The molecule has 3 atom stereocenters. The Morgan fingerprint density at radius 3 is 2.85 bits per heavy atom. The van der Waals surface area contributed by atoms with Crippen molar-refractivity contribution in [2.24, 2.45) is 0 Å². The van der Waals surface area contributed by atoms with Crippen LogP contribution < -0.4 is 5.32 Å². The van der Waals surface area contributed by atoms with Crippen LogP contribution in [0.5, 0.6) is 0 Å². The van der Waals surface area contributed by atoms with Gasteiger partial charge in [-0.2, -0.15) is 0 Å². The average molecular weight is 184 g/mol. The molecule has 1 N–H and O–H groups in total. The summed E-state index contributed by atoms with van der Waals surface area (Å²) in [4.78, 5) is 2.58. The van der Waals surface area contributed by atoms with Crippen molar-refractivity contribution in [2.45, 2.75) is 38.5 Å². The number of hydrogen-bond acceptors (Lipinski definition) is 3. The highest BCUT2D eigenvalue weighted by Gasteiger charge is 2.31. The summed E-state index contributed by atoms with van der Waals surface area (Å²) in [6.45, 7) is 8.90. The summed E-state index contributed by atoms with van der Waals surface area (Å²) in [5.41, 5.74) is 0. The summed E-state index contributed by atoms with van der Waals surface area (Å²) in [7, 11) is 0. The molecule has 3 heteroatoms. The van der Waals surface area contributed by atoms with Crippen molar-refractivity contribution in [1.82, 2.24) is 10.2 Å². The summed E-state index contributed by atoms with van der Waals surface area (Å²) >= 11 is 0. The smallest absolute Gasteiger partial charge is 0.0703 e. The van der Waals surface area contributed by atoms with Gasteiger partial charge in [0.1, 0.15) is 0 Å². The SMILES string of the molecule is CC1CN(C2CCOC2C)CCN1. The van der Waals surface area contributed by atoms with Crippen molar-refractivity contribution < 1.29 is 4.74 Å². The maximum atomic E-state index is 5.59. The molecule has 0 aromatic rings. The van der Waals surface area contributed by atoms with Gasteiger partial charge < -0.3 is 10.1 Å². The molecule has 0 amide bonds. The van der Waals surface area contributed by atoms with Crippen molar-refractivity contribution in [3.63, 3.8) is 0 Å². The quantitative estimate of drug-likeness (QED) is 0.640. The number of ether oxygens (including phenoxy) is 1. The lowest BCUT2D eigenvalue weighted by Crippen LogP contribution is -2.54. The molecule has 0 spiro atoms. The van der Waals surface area contributed by atoms with E-state index in [2.05, 4.69) is 24.1 Å². The van der Waals surface area contributed by atoms with E-state index in [-0.39, 0.29) is 0 Å². The molecule has 2 aliphatic heterocycles. The first kappa shape index (κ1) is 9.44. The molecule has 0 aromatic heterocycles. The first-order valence-corrected chi connectivity index (χ1v) is 5.36. The highest BCUT2D eigenvalue weighted by atomic mass is 16.5. The van der Waals surface area contributed by atoms with Crippen LogP contribution in [0.3, 0.4) is 0 Å². The minimum absolute atomic E-state index is 0.435. The van der Waals surface area contributed by atoms with Crippen LogP contribution in [0.15, 0.2) is 0 Å². The topological polar surface area (TPSA) is 24.5 Å². The molecule has 2 aliphatic rings. The zero-order valence-corrected chi connectivity index (χ0v) is 8.62. The first-order valence-electron chi connectivity index (χ1n) is 5.36. The first-order chi connectivity index (χ1) is 6.27. The van der Waals surface area contributed by atoms with Gasteiger partial charge in [-0.15, -0.1) is 0 Å². The van der Waals surface area contributed by atoms with Gasteiger partial charge >= 0.3 is 0 Å². The highest BCUT2D eigenvalue weighted by Crippen LogP contribution is 2.20. The van der Waals surface area contributed by atoms with Crippen molar-refractivity contribution in [3.05, 3.63) is 0 Å². The van der Waals surface area contributed by atoms with E-state index in [1.165, 1.54) is 19.5 Å². The third-order valence-corrected chi connectivity index (χ3v) is 3.21. The van der Waals surface area contributed by atoms with Crippen LogP contribution in [0.1, 0.15) is 20.3 Å². The van der Waals surface area contributed by atoms with Gasteiger partial charge in [-0.1, -0.05) is 0 Å². The van der Waals surface area contributed by atoms with Gasteiger partial charge in [0.25, 0.3) is 0 Å². The lowest BCUT2D eigenvalue weighted by Gasteiger charge is -2.37. The molecular weight excluding hydrogens is 164 g/mol. The van der Waals surface area contributed by atoms with Crippen molar-refractivity contribution in [1.29, 1.82) is 0 Å². The fourth-order valence-electron chi connectivity index (χ4n) is 2.46. The Morgan fingerprint density at radius 2 is 2.23 bits per heavy atom. The zero-order valence-electron chi connectivity index (χ0n) is 8.62. The van der Waals surface area contributed by atoms with Crippen LogP contribution in [-0.2, 0) is 4.74 Å². The van der Waals surface area contributed by atoms with Crippen LogP contribution >= 0.6 is 0 Å². The summed E-state index contributed by atoms with van der Waals surface area (Å²) in [6.07, 6.45) is 1.65. The standard InChI is InChI=1S/C10H20N2O/c1-8-7-12(5-4-11-8)10-3-6-13-9(10)2/h8-11H,3-7H2,1-2H3. The van der Waals surface area contributed by atoms with E-state index in [1.807, 2.05) is 0 Å². The van der Waals surface area contributed by atoms with E-state index < -0.39 is 0 Å². The van der Waals surface area contributed by atoms with E-state index in [0.29, 0.717) is 18.2 Å². The van der Waals surface area contributed by atoms with Crippen molar-refractivity contribution in [2.75, 3.05) is 26.2 Å². The molecule has 3 nitrogen and oxygen atoms in total. The normalized spacial score (nSPS) is 42.5. The second-order valence-electron chi connectivity index (χ2n) is 4.28. The highest BCUT2D eigenvalue weighted by molar-refractivity contribution is 4.86. The number of nitrogens with one attached hydrogen (secondary N) is 1. The Bertz CT molecular complexity index is 174. The monoisotopic (exact) mass is 184 g/mol. The van der Waals surface area contributed by atoms with E-state index >= 15 is 0 Å². The molecular formula is C10H20N2O. The molecule has 0 aliphatic carbocycles.